The number of aromatic amines is 1. The smallest absolute Gasteiger partial charge is 0.181 e. The number of nitrogens with zero attached hydrogens (tertiary/aromatic N) is 5. The molecular formula is C9H5ClN6S. The lowest BCUT2D eigenvalue weighted by Crippen LogP contribution is -1.88. The molecular weight excluding hydrogens is 260 g/mol. The molecule has 0 radical (unpaired) electrons. The second-order valence-electron chi connectivity index (χ2n) is 3.06. The number of hydrogen-bond donors (Lipinski definition) is 1. The summed E-state index contributed by atoms with van der Waals surface area (Å²) in [5, 5.41) is 1.76. The minimum atomic E-state index is 0.352. The van der Waals surface area contributed by atoms with Crippen LogP contribution in [0.25, 0.3) is 11.2 Å². The van der Waals surface area contributed by atoms with E-state index in [0.717, 1.165) is 10.5 Å². The minimum Gasteiger partial charge on any atom is -0.341 e. The summed E-state index contributed by atoms with van der Waals surface area (Å²) >= 11 is 7.12. The Morgan fingerprint density at radius 2 is 2.12 bits per heavy atom. The minimum absolute atomic E-state index is 0.352. The maximum atomic E-state index is 5.77. The van der Waals surface area contributed by atoms with Crippen LogP contribution in [-0.4, -0.2) is 29.9 Å². The van der Waals surface area contributed by atoms with Gasteiger partial charge in [0.05, 0.1) is 18.7 Å². The fraction of sp³-hybridized carbons (Fsp3) is 0. The van der Waals surface area contributed by atoms with Crippen molar-refractivity contribution in [3.8, 4) is 0 Å². The van der Waals surface area contributed by atoms with E-state index in [1.165, 1.54) is 24.3 Å². The lowest BCUT2D eigenvalue weighted by molar-refractivity contribution is 1.04. The van der Waals surface area contributed by atoms with Gasteiger partial charge in [-0.15, -0.1) is 0 Å². The van der Waals surface area contributed by atoms with Crippen LogP contribution in [0.4, 0.5) is 0 Å². The van der Waals surface area contributed by atoms with Crippen molar-refractivity contribution in [3.05, 3.63) is 30.2 Å². The van der Waals surface area contributed by atoms with Gasteiger partial charge in [-0.2, -0.15) is 0 Å². The van der Waals surface area contributed by atoms with Gasteiger partial charge in [0.25, 0.3) is 0 Å². The van der Waals surface area contributed by atoms with Crippen LogP contribution in [0.2, 0.25) is 5.15 Å². The summed E-state index contributed by atoms with van der Waals surface area (Å²) in [4.78, 5) is 23.3. The zero-order chi connectivity index (χ0) is 11.7. The maximum Gasteiger partial charge on any atom is 0.181 e. The predicted octanol–water partition coefficient (Wildman–Crippen LogP) is 1.95. The first-order valence-electron chi connectivity index (χ1n) is 4.62. The average Bonchev–Trinajstić information content (AvgIpc) is 2.78. The van der Waals surface area contributed by atoms with Crippen LogP contribution in [0.3, 0.4) is 0 Å². The number of rotatable bonds is 2. The summed E-state index contributed by atoms with van der Waals surface area (Å²) in [6, 6.07) is 0. The van der Waals surface area contributed by atoms with E-state index in [4.69, 9.17) is 11.6 Å². The monoisotopic (exact) mass is 264 g/mol. The third-order valence-electron chi connectivity index (χ3n) is 1.97. The number of hydrogen-bond acceptors (Lipinski definition) is 6. The van der Waals surface area contributed by atoms with Gasteiger partial charge >= 0.3 is 0 Å². The molecule has 1 N–H and O–H groups in total. The van der Waals surface area contributed by atoms with Crippen molar-refractivity contribution in [3.63, 3.8) is 0 Å². The first kappa shape index (κ1) is 10.4. The van der Waals surface area contributed by atoms with Crippen LogP contribution in [0.15, 0.2) is 35.1 Å². The molecule has 0 aliphatic rings. The first-order valence-corrected chi connectivity index (χ1v) is 5.82. The molecule has 0 saturated heterocycles. The van der Waals surface area contributed by atoms with Gasteiger partial charge in [0, 0.05) is 0 Å². The quantitative estimate of drug-likeness (QED) is 0.713. The van der Waals surface area contributed by atoms with Crippen molar-refractivity contribution in [2.75, 3.05) is 0 Å². The second-order valence-corrected chi connectivity index (χ2v) is 4.46. The van der Waals surface area contributed by atoms with Gasteiger partial charge in [0.1, 0.15) is 27.0 Å². The molecule has 0 amide bonds. The topological polar surface area (TPSA) is 80.2 Å². The number of halogens is 1. The maximum absolute atomic E-state index is 5.77. The van der Waals surface area contributed by atoms with Crippen LogP contribution >= 0.6 is 23.4 Å². The van der Waals surface area contributed by atoms with E-state index in [1.54, 1.807) is 12.5 Å². The molecule has 0 saturated carbocycles. The third-order valence-corrected chi connectivity index (χ3v) is 3.06. The van der Waals surface area contributed by atoms with Crippen molar-refractivity contribution < 1.29 is 0 Å². The fourth-order valence-electron chi connectivity index (χ4n) is 1.29. The van der Waals surface area contributed by atoms with Crippen LogP contribution < -0.4 is 0 Å². The highest BCUT2D eigenvalue weighted by Crippen LogP contribution is 2.28. The van der Waals surface area contributed by atoms with Gasteiger partial charge < -0.3 is 4.98 Å². The first-order chi connectivity index (χ1) is 8.33. The van der Waals surface area contributed by atoms with Crippen LogP contribution in [0, 0.1) is 0 Å². The van der Waals surface area contributed by atoms with Crippen molar-refractivity contribution in [2.24, 2.45) is 0 Å². The second kappa shape index (κ2) is 4.27. The molecule has 6 nitrogen and oxygen atoms in total. The molecule has 0 fully saturated rings. The summed E-state index contributed by atoms with van der Waals surface area (Å²) in [5.74, 6) is 0. The van der Waals surface area contributed by atoms with Gasteiger partial charge in [-0.05, 0) is 11.8 Å². The molecule has 0 aromatic carbocycles. The Hall–Kier alpha value is -1.73. The van der Waals surface area contributed by atoms with Gasteiger partial charge in [-0.25, -0.2) is 19.9 Å². The summed E-state index contributed by atoms with van der Waals surface area (Å²) in [6.07, 6.45) is 6.15. The Morgan fingerprint density at radius 1 is 1.18 bits per heavy atom. The van der Waals surface area contributed by atoms with Crippen molar-refractivity contribution in [1.82, 2.24) is 29.9 Å². The highest BCUT2D eigenvalue weighted by Gasteiger charge is 2.08. The zero-order valence-corrected chi connectivity index (χ0v) is 9.90. The lowest BCUT2D eigenvalue weighted by atomic mass is 10.6. The van der Waals surface area contributed by atoms with Crippen molar-refractivity contribution >= 4 is 34.5 Å². The van der Waals surface area contributed by atoms with E-state index >= 15 is 0 Å². The average molecular weight is 265 g/mol. The molecule has 3 aromatic heterocycles. The molecule has 3 aromatic rings. The lowest BCUT2D eigenvalue weighted by Gasteiger charge is -2.00. The van der Waals surface area contributed by atoms with E-state index in [-0.39, 0.29) is 0 Å². The normalized spacial score (nSPS) is 10.9. The van der Waals surface area contributed by atoms with Crippen LogP contribution in [-0.2, 0) is 0 Å². The van der Waals surface area contributed by atoms with Crippen LogP contribution in [0.1, 0.15) is 0 Å². The van der Waals surface area contributed by atoms with Gasteiger partial charge in [-0.1, -0.05) is 11.6 Å². The number of H-pyrrole nitrogens is 1. The summed E-state index contributed by atoms with van der Waals surface area (Å²) in [5.41, 5.74) is 1.40. The number of imidazole rings is 1. The molecule has 0 spiro atoms. The largest absolute Gasteiger partial charge is 0.341 e. The van der Waals surface area contributed by atoms with E-state index in [2.05, 4.69) is 29.9 Å². The Balaban J connectivity index is 2.02. The van der Waals surface area contributed by atoms with E-state index in [1.807, 2.05) is 0 Å². The predicted molar refractivity (Wildman–Crippen MR) is 62.8 cm³/mol. The molecule has 3 rings (SSSR count). The summed E-state index contributed by atoms with van der Waals surface area (Å²) in [7, 11) is 0. The summed E-state index contributed by atoms with van der Waals surface area (Å²) < 4.78 is 0. The Kier molecular flexibility index (Phi) is 2.62. The Bertz CT molecular complexity index is 669. The highest BCUT2D eigenvalue weighted by atomic mass is 35.5. The molecule has 0 aliphatic heterocycles. The van der Waals surface area contributed by atoms with Gasteiger partial charge in [0.2, 0.25) is 0 Å². The van der Waals surface area contributed by atoms with Crippen molar-refractivity contribution in [2.45, 2.75) is 10.1 Å². The number of aromatic nitrogens is 6. The van der Waals surface area contributed by atoms with Crippen LogP contribution in [0.5, 0.6) is 0 Å². The number of nitrogens with one attached hydrogen (secondary N) is 1. The molecule has 0 unspecified atom stereocenters. The molecule has 17 heavy (non-hydrogen) atoms. The number of fused-ring (bicyclic) bond motifs is 1. The van der Waals surface area contributed by atoms with Gasteiger partial charge in [-0.3, -0.25) is 4.98 Å². The molecule has 8 heteroatoms. The molecule has 0 aliphatic carbocycles. The Labute approximate surface area is 105 Å². The van der Waals surface area contributed by atoms with Gasteiger partial charge in [0.15, 0.2) is 5.65 Å². The summed E-state index contributed by atoms with van der Waals surface area (Å²) in [6.45, 7) is 0. The molecule has 3 heterocycles. The highest BCUT2D eigenvalue weighted by molar-refractivity contribution is 7.99. The molecule has 84 valence electrons. The van der Waals surface area contributed by atoms with E-state index < -0.39 is 0 Å². The molecule has 0 bridgehead atoms. The van der Waals surface area contributed by atoms with E-state index in [0.29, 0.717) is 15.8 Å². The third kappa shape index (κ3) is 2.06. The zero-order valence-electron chi connectivity index (χ0n) is 8.33. The standard InChI is InChI=1S/C9H5ClN6S/c10-5-1-11-2-6(16-5)17-9-7-8(13-3-12-7)14-4-15-9/h1-4H,(H,12,13,14,15). The fourth-order valence-corrected chi connectivity index (χ4v) is 2.30. The van der Waals surface area contributed by atoms with E-state index in [9.17, 15) is 0 Å². The Morgan fingerprint density at radius 3 is 3.00 bits per heavy atom. The molecule has 0 atom stereocenters. The SMILES string of the molecule is Clc1cncc(Sc2ncnc3nc[nH]c23)n1. The van der Waals surface area contributed by atoms with Crippen molar-refractivity contribution in [1.29, 1.82) is 0 Å².